The summed E-state index contributed by atoms with van der Waals surface area (Å²) in [6, 6.07) is 10.6. The maximum Gasteiger partial charge on any atom is 0.229 e. The molecule has 2 aromatic rings. The van der Waals surface area contributed by atoms with Crippen molar-refractivity contribution in [2.24, 2.45) is 0 Å². The normalized spacial score (nSPS) is 34.9. The van der Waals surface area contributed by atoms with Crippen LogP contribution in [0.15, 0.2) is 42.5 Å². The highest BCUT2D eigenvalue weighted by atomic mass is 16.8. The Balaban J connectivity index is 1.62. The quantitative estimate of drug-likeness (QED) is 0.190. The molecule has 2 fully saturated rings. The first-order valence-electron chi connectivity index (χ1n) is 12.2. The van der Waals surface area contributed by atoms with E-state index < -0.39 is 79.6 Å². The maximum atomic E-state index is 13.0. The second-order valence-corrected chi connectivity index (χ2v) is 9.32. The van der Waals surface area contributed by atoms with Crippen LogP contribution in [0.4, 0.5) is 0 Å². The molecule has 13 nitrogen and oxygen atoms in total. The average Bonchev–Trinajstić information content (AvgIpc) is 2.93. The number of rotatable bonds is 8. The predicted molar refractivity (Wildman–Crippen MR) is 130 cm³/mol. The van der Waals surface area contributed by atoms with Gasteiger partial charge >= 0.3 is 0 Å². The minimum absolute atomic E-state index is 0.0385. The van der Waals surface area contributed by atoms with Crippen molar-refractivity contribution in [2.45, 2.75) is 68.3 Å². The number of aliphatic hydroxyl groups is 6. The third-order valence-corrected chi connectivity index (χ3v) is 6.71. The van der Waals surface area contributed by atoms with Gasteiger partial charge in [0.1, 0.15) is 59.4 Å². The molecule has 0 unspecified atom stereocenters. The van der Waals surface area contributed by atoms with Crippen LogP contribution in [-0.4, -0.2) is 117 Å². The van der Waals surface area contributed by atoms with Crippen LogP contribution >= 0.6 is 0 Å². The highest BCUT2D eigenvalue weighted by molar-refractivity contribution is 6.12. The standard InChI is InChI=1S/C26H32O13/c1-11-18(29)21(32)23(34)25(36-11)39-24-22(33)20(31)16(10-27)38-26(24)37-13-8-14(28)17(15(9-13)35-2)19(30)12-6-4-3-5-7-12/h3-9,11,16,18,20-29,31-34H,10H2,1-2H3/t11-,16+,18-,20+,21+,22-,23+,24+,25-,26+/m0/s1. The van der Waals surface area contributed by atoms with Crippen molar-refractivity contribution in [3.05, 3.63) is 53.6 Å². The first kappa shape index (κ1) is 29.1. The van der Waals surface area contributed by atoms with Gasteiger partial charge in [0.05, 0.1) is 19.8 Å². The molecule has 0 bridgehead atoms. The molecule has 2 saturated heterocycles. The Kier molecular flexibility index (Phi) is 9.06. The molecule has 0 spiro atoms. The largest absolute Gasteiger partial charge is 0.507 e. The number of carbonyl (C=O) groups excluding carboxylic acids is 1. The Morgan fingerprint density at radius 3 is 2.23 bits per heavy atom. The van der Waals surface area contributed by atoms with E-state index in [0.717, 1.165) is 6.07 Å². The monoisotopic (exact) mass is 552 g/mol. The van der Waals surface area contributed by atoms with Crippen LogP contribution in [0, 0.1) is 0 Å². The van der Waals surface area contributed by atoms with Crippen molar-refractivity contribution in [3.8, 4) is 17.2 Å². The van der Waals surface area contributed by atoms with Gasteiger partial charge in [-0.05, 0) is 6.92 Å². The molecule has 4 rings (SSSR count). The summed E-state index contributed by atoms with van der Waals surface area (Å²) in [5, 5.41) is 71.9. The number of phenolic OH excluding ortho intramolecular Hbond substituents is 1. The lowest BCUT2D eigenvalue weighted by molar-refractivity contribution is -0.354. The Morgan fingerprint density at radius 2 is 1.59 bits per heavy atom. The lowest BCUT2D eigenvalue weighted by Crippen LogP contribution is -2.64. The van der Waals surface area contributed by atoms with Crippen LogP contribution in [0.2, 0.25) is 0 Å². The molecular weight excluding hydrogens is 520 g/mol. The van der Waals surface area contributed by atoms with E-state index in [2.05, 4.69) is 0 Å². The number of hydrogen-bond donors (Lipinski definition) is 7. The van der Waals surface area contributed by atoms with E-state index in [9.17, 15) is 40.5 Å². The third-order valence-electron chi connectivity index (χ3n) is 6.71. The van der Waals surface area contributed by atoms with E-state index in [1.54, 1.807) is 30.3 Å². The van der Waals surface area contributed by atoms with Crippen LogP contribution in [0.3, 0.4) is 0 Å². The number of hydrogen-bond acceptors (Lipinski definition) is 13. The highest BCUT2D eigenvalue weighted by Gasteiger charge is 2.51. The van der Waals surface area contributed by atoms with Crippen LogP contribution < -0.4 is 9.47 Å². The molecule has 2 aromatic carbocycles. The summed E-state index contributed by atoms with van der Waals surface area (Å²) < 4.78 is 27.8. The molecule has 0 amide bonds. The van der Waals surface area contributed by atoms with Gasteiger partial charge in [-0.3, -0.25) is 4.79 Å². The van der Waals surface area contributed by atoms with Crippen molar-refractivity contribution < 1.29 is 64.2 Å². The minimum atomic E-state index is -1.73. The summed E-state index contributed by atoms with van der Waals surface area (Å²) in [6.45, 7) is 0.732. The van der Waals surface area contributed by atoms with Crippen molar-refractivity contribution in [3.63, 3.8) is 0 Å². The van der Waals surface area contributed by atoms with Crippen LogP contribution in [0.25, 0.3) is 0 Å². The topological polar surface area (TPSA) is 205 Å². The van der Waals surface area contributed by atoms with Crippen molar-refractivity contribution in [1.29, 1.82) is 0 Å². The summed E-state index contributed by atoms with van der Waals surface area (Å²) in [4.78, 5) is 13.0. The second-order valence-electron chi connectivity index (χ2n) is 9.32. The zero-order chi connectivity index (χ0) is 28.4. The zero-order valence-electron chi connectivity index (χ0n) is 21.1. The molecular formula is C26H32O13. The number of benzene rings is 2. The van der Waals surface area contributed by atoms with Gasteiger partial charge in [-0.1, -0.05) is 30.3 Å². The lowest BCUT2D eigenvalue weighted by Gasteiger charge is -2.45. The van der Waals surface area contributed by atoms with E-state index in [1.807, 2.05) is 0 Å². The molecule has 2 aliphatic heterocycles. The van der Waals surface area contributed by atoms with Crippen LogP contribution in [0.5, 0.6) is 17.2 Å². The third kappa shape index (κ3) is 5.87. The number of ketones is 1. The maximum absolute atomic E-state index is 13.0. The van der Waals surface area contributed by atoms with Gasteiger partial charge in [0.25, 0.3) is 0 Å². The van der Waals surface area contributed by atoms with Gasteiger partial charge in [-0.15, -0.1) is 0 Å². The number of carbonyl (C=O) groups is 1. The lowest BCUT2D eigenvalue weighted by atomic mass is 9.97. The van der Waals surface area contributed by atoms with Gasteiger partial charge in [0, 0.05) is 17.7 Å². The second kappa shape index (κ2) is 12.1. The Hall–Kier alpha value is -2.85. The zero-order valence-corrected chi connectivity index (χ0v) is 21.1. The average molecular weight is 553 g/mol. The van der Waals surface area contributed by atoms with Gasteiger partial charge < -0.3 is 59.4 Å². The summed E-state index contributed by atoms with van der Waals surface area (Å²) >= 11 is 0. The van der Waals surface area contributed by atoms with Crippen LogP contribution in [-0.2, 0) is 14.2 Å². The summed E-state index contributed by atoms with van der Waals surface area (Å²) in [5.41, 5.74) is 0.177. The molecule has 10 atom stereocenters. The SMILES string of the molecule is COc1cc(O[C@@H]2O[C@H](CO)[C@@H](O)[C@H](O)[C@H]2O[C@@H]2O[C@@H](C)[C@H](O)[C@@H](O)[C@H]2O)cc(O)c1C(=O)c1ccccc1. The number of aromatic hydroxyl groups is 1. The summed E-state index contributed by atoms with van der Waals surface area (Å²) in [7, 11) is 1.29. The molecule has 0 aliphatic carbocycles. The fourth-order valence-corrected chi connectivity index (χ4v) is 4.48. The molecule has 7 N–H and O–H groups in total. The van der Waals surface area contributed by atoms with E-state index in [-0.39, 0.29) is 17.1 Å². The van der Waals surface area contributed by atoms with E-state index >= 15 is 0 Å². The molecule has 13 heteroatoms. The number of methoxy groups -OCH3 is 1. The summed E-state index contributed by atoms with van der Waals surface area (Å²) in [5.74, 6) is -1.13. The highest BCUT2D eigenvalue weighted by Crippen LogP contribution is 2.37. The molecule has 0 saturated carbocycles. The van der Waals surface area contributed by atoms with Crippen molar-refractivity contribution >= 4 is 5.78 Å². The van der Waals surface area contributed by atoms with Gasteiger partial charge in [0.2, 0.25) is 12.1 Å². The Morgan fingerprint density at radius 1 is 0.897 bits per heavy atom. The van der Waals surface area contributed by atoms with Crippen molar-refractivity contribution in [1.82, 2.24) is 0 Å². The van der Waals surface area contributed by atoms with E-state index in [1.165, 1.54) is 20.1 Å². The number of aliphatic hydroxyl groups excluding tert-OH is 6. The van der Waals surface area contributed by atoms with Gasteiger partial charge in [0.15, 0.2) is 12.4 Å². The Labute approximate surface area is 223 Å². The van der Waals surface area contributed by atoms with E-state index in [4.69, 9.17) is 23.7 Å². The molecule has 0 radical (unpaired) electrons. The number of phenols is 1. The predicted octanol–water partition coefficient (Wildman–Crippen LogP) is -1.34. The molecule has 214 valence electrons. The van der Waals surface area contributed by atoms with Gasteiger partial charge in [-0.25, -0.2) is 0 Å². The first-order chi connectivity index (χ1) is 18.6. The molecule has 39 heavy (non-hydrogen) atoms. The molecule has 2 heterocycles. The fourth-order valence-electron chi connectivity index (χ4n) is 4.48. The van der Waals surface area contributed by atoms with Gasteiger partial charge in [-0.2, -0.15) is 0 Å². The molecule has 0 aromatic heterocycles. The smallest absolute Gasteiger partial charge is 0.229 e. The first-order valence-corrected chi connectivity index (χ1v) is 12.2. The minimum Gasteiger partial charge on any atom is -0.507 e. The molecule has 2 aliphatic rings. The Bertz CT molecular complexity index is 1130. The summed E-state index contributed by atoms with van der Waals surface area (Å²) in [6.07, 6.45) is -15.1. The van der Waals surface area contributed by atoms with E-state index in [0.29, 0.717) is 5.56 Å². The fraction of sp³-hybridized carbons (Fsp3) is 0.500. The van der Waals surface area contributed by atoms with Crippen molar-refractivity contribution in [2.75, 3.05) is 13.7 Å². The van der Waals surface area contributed by atoms with Crippen LogP contribution in [0.1, 0.15) is 22.8 Å². The number of ether oxygens (including phenoxy) is 5.